The second-order valence-electron chi connectivity index (χ2n) is 5.35. The Morgan fingerprint density at radius 3 is 2.85 bits per heavy atom. The number of hydrogen-bond acceptors (Lipinski definition) is 4. The van der Waals surface area contributed by atoms with E-state index in [1.54, 1.807) is 14.2 Å². The fourth-order valence-electron chi connectivity index (χ4n) is 2.71. The number of nitrogens with zero attached hydrogens (tertiary/aromatic N) is 1. The summed E-state index contributed by atoms with van der Waals surface area (Å²) in [6.45, 7) is 6.54. The molecule has 1 heterocycles. The lowest BCUT2D eigenvalue weighted by Crippen LogP contribution is -2.32. The van der Waals surface area contributed by atoms with Crippen molar-refractivity contribution in [2.45, 2.75) is 32.4 Å². The molecule has 0 bridgehead atoms. The van der Waals surface area contributed by atoms with Gasteiger partial charge in [0.1, 0.15) is 11.5 Å². The van der Waals surface area contributed by atoms with Crippen molar-refractivity contribution in [3.05, 3.63) is 23.8 Å². The van der Waals surface area contributed by atoms with Crippen molar-refractivity contribution in [2.75, 3.05) is 33.9 Å². The summed E-state index contributed by atoms with van der Waals surface area (Å²) in [6.07, 6.45) is 2.43. The number of hydrogen-bond donors (Lipinski definition) is 1. The summed E-state index contributed by atoms with van der Waals surface area (Å²) in [5.74, 6) is 1.75. The van der Waals surface area contributed by atoms with Gasteiger partial charge in [-0.05, 0) is 25.5 Å². The normalized spacial score (nSPS) is 19.2. The van der Waals surface area contributed by atoms with Crippen molar-refractivity contribution in [1.82, 2.24) is 10.2 Å². The standard InChI is InChI=1S/C16H26N2O2/c1-4-8-17-14-7-9-18(12-14)11-13-5-6-15(19-2)10-16(13)20-3/h5-6,10,14,17H,4,7-9,11-12H2,1-3H3. The predicted octanol–water partition coefficient (Wildman–Crippen LogP) is 2.28. The SMILES string of the molecule is CCCNC1CCN(Cc2ccc(OC)cc2OC)C1. The molecule has 0 aromatic heterocycles. The Balaban J connectivity index is 1.93. The highest BCUT2D eigenvalue weighted by molar-refractivity contribution is 5.40. The molecule has 0 aliphatic carbocycles. The summed E-state index contributed by atoms with van der Waals surface area (Å²) >= 11 is 0. The van der Waals surface area contributed by atoms with Crippen LogP contribution in [-0.2, 0) is 6.54 Å². The highest BCUT2D eigenvalue weighted by Crippen LogP contribution is 2.26. The van der Waals surface area contributed by atoms with Crippen molar-refractivity contribution in [2.24, 2.45) is 0 Å². The van der Waals surface area contributed by atoms with E-state index in [1.807, 2.05) is 12.1 Å². The summed E-state index contributed by atoms with van der Waals surface area (Å²) in [5.41, 5.74) is 1.23. The quantitative estimate of drug-likeness (QED) is 0.829. The van der Waals surface area contributed by atoms with Crippen LogP contribution in [0.4, 0.5) is 0 Å². The van der Waals surface area contributed by atoms with Gasteiger partial charge in [-0.2, -0.15) is 0 Å². The maximum absolute atomic E-state index is 5.47. The molecular formula is C16H26N2O2. The lowest BCUT2D eigenvalue weighted by molar-refractivity contribution is 0.310. The Hall–Kier alpha value is -1.26. The van der Waals surface area contributed by atoms with E-state index in [0.717, 1.165) is 37.7 Å². The summed E-state index contributed by atoms with van der Waals surface area (Å²) < 4.78 is 10.7. The third-order valence-electron chi connectivity index (χ3n) is 3.84. The first-order valence-corrected chi connectivity index (χ1v) is 7.43. The van der Waals surface area contributed by atoms with Crippen LogP contribution < -0.4 is 14.8 Å². The molecule has 1 atom stereocenters. The van der Waals surface area contributed by atoms with Crippen LogP contribution >= 0.6 is 0 Å². The van der Waals surface area contributed by atoms with E-state index in [2.05, 4.69) is 23.2 Å². The lowest BCUT2D eigenvalue weighted by Gasteiger charge is -2.18. The Labute approximate surface area is 122 Å². The van der Waals surface area contributed by atoms with Crippen molar-refractivity contribution in [3.8, 4) is 11.5 Å². The van der Waals surface area contributed by atoms with E-state index in [-0.39, 0.29) is 0 Å². The van der Waals surface area contributed by atoms with E-state index < -0.39 is 0 Å². The second kappa shape index (κ2) is 7.50. The monoisotopic (exact) mass is 278 g/mol. The number of benzene rings is 1. The zero-order valence-electron chi connectivity index (χ0n) is 12.8. The van der Waals surface area contributed by atoms with Crippen LogP contribution in [-0.4, -0.2) is 44.8 Å². The van der Waals surface area contributed by atoms with Gasteiger partial charge in [-0.1, -0.05) is 13.0 Å². The largest absolute Gasteiger partial charge is 0.497 e. The van der Waals surface area contributed by atoms with E-state index in [9.17, 15) is 0 Å². The average molecular weight is 278 g/mol. The minimum Gasteiger partial charge on any atom is -0.497 e. The molecule has 1 N–H and O–H groups in total. The van der Waals surface area contributed by atoms with Gasteiger partial charge in [0.05, 0.1) is 14.2 Å². The molecule has 2 rings (SSSR count). The van der Waals surface area contributed by atoms with Crippen molar-refractivity contribution >= 4 is 0 Å². The fraction of sp³-hybridized carbons (Fsp3) is 0.625. The van der Waals surface area contributed by atoms with Crippen LogP contribution in [0.5, 0.6) is 11.5 Å². The fourth-order valence-corrected chi connectivity index (χ4v) is 2.71. The smallest absolute Gasteiger partial charge is 0.127 e. The number of rotatable bonds is 7. The first-order chi connectivity index (χ1) is 9.76. The first-order valence-electron chi connectivity index (χ1n) is 7.43. The van der Waals surface area contributed by atoms with E-state index in [1.165, 1.54) is 18.4 Å². The zero-order valence-corrected chi connectivity index (χ0v) is 12.8. The van der Waals surface area contributed by atoms with Crippen molar-refractivity contribution in [3.63, 3.8) is 0 Å². The van der Waals surface area contributed by atoms with Gasteiger partial charge in [-0.3, -0.25) is 4.90 Å². The predicted molar refractivity (Wildman–Crippen MR) is 81.5 cm³/mol. The third-order valence-corrected chi connectivity index (χ3v) is 3.84. The van der Waals surface area contributed by atoms with Crippen LogP contribution in [0.1, 0.15) is 25.3 Å². The van der Waals surface area contributed by atoms with Crippen LogP contribution in [0.3, 0.4) is 0 Å². The molecule has 1 aromatic carbocycles. The van der Waals surface area contributed by atoms with Gasteiger partial charge < -0.3 is 14.8 Å². The molecule has 1 aromatic rings. The summed E-state index contributed by atoms with van der Waals surface area (Å²) in [4.78, 5) is 2.48. The summed E-state index contributed by atoms with van der Waals surface area (Å²) in [7, 11) is 3.40. The van der Waals surface area contributed by atoms with Gasteiger partial charge in [0.15, 0.2) is 0 Å². The van der Waals surface area contributed by atoms with E-state index in [0.29, 0.717) is 6.04 Å². The Morgan fingerprint density at radius 1 is 1.30 bits per heavy atom. The topological polar surface area (TPSA) is 33.7 Å². The number of likely N-dealkylation sites (tertiary alicyclic amines) is 1. The molecule has 0 spiro atoms. The molecule has 1 aliphatic heterocycles. The number of ether oxygens (including phenoxy) is 2. The van der Waals surface area contributed by atoms with Gasteiger partial charge in [0, 0.05) is 37.3 Å². The maximum Gasteiger partial charge on any atom is 0.127 e. The summed E-state index contributed by atoms with van der Waals surface area (Å²) in [5, 5.41) is 3.60. The van der Waals surface area contributed by atoms with Crippen LogP contribution in [0, 0.1) is 0 Å². The molecule has 0 radical (unpaired) electrons. The Kier molecular flexibility index (Phi) is 5.68. The number of nitrogens with one attached hydrogen (secondary N) is 1. The molecule has 0 saturated carbocycles. The molecule has 20 heavy (non-hydrogen) atoms. The molecule has 4 heteroatoms. The summed E-state index contributed by atoms with van der Waals surface area (Å²) in [6, 6.07) is 6.70. The Bertz CT molecular complexity index is 423. The molecule has 112 valence electrons. The molecule has 1 fully saturated rings. The minimum absolute atomic E-state index is 0.638. The van der Waals surface area contributed by atoms with Crippen LogP contribution in [0.15, 0.2) is 18.2 Å². The zero-order chi connectivity index (χ0) is 14.4. The van der Waals surface area contributed by atoms with Gasteiger partial charge in [-0.15, -0.1) is 0 Å². The second-order valence-corrected chi connectivity index (χ2v) is 5.35. The molecule has 1 unspecified atom stereocenters. The molecule has 1 aliphatic rings. The minimum atomic E-state index is 0.638. The van der Waals surface area contributed by atoms with Gasteiger partial charge in [0.25, 0.3) is 0 Å². The van der Waals surface area contributed by atoms with Gasteiger partial charge >= 0.3 is 0 Å². The number of methoxy groups -OCH3 is 2. The van der Waals surface area contributed by atoms with Crippen molar-refractivity contribution in [1.29, 1.82) is 0 Å². The highest BCUT2D eigenvalue weighted by Gasteiger charge is 2.22. The Morgan fingerprint density at radius 2 is 2.15 bits per heavy atom. The molecule has 0 amide bonds. The van der Waals surface area contributed by atoms with E-state index >= 15 is 0 Å². The molecular weight excluding hydrogens is 252 g/mol. The molecule has 1 saturated heterocycles. The highest BCUT2D eigenvalue weighted by atomic mass is 16.5. The first kappa shape index (κ1) is 15.1. The van der Waals surface area contributed by atoms with Crippen molar-refractivity contribution < 1.29 is 9.47 Å². The average Bonchev–Trinajstić information content (AvgIpc) is 2.93. The van der Waals surface area contributed by atoms with Gasteiger partial charge in [-0.25, -0.2) is 0 Å². The molecule has 4 nitrogen and oxygen atoms in total. The van der Waals surface area contributed by atoms with Crippen LogP contribution in [0.2, 0.25) is 0 Å². The maximum atomic E-state index is 5.47. The van der Waals surface area contributed by atoms with Gasteiger partial charge in [0.2, 0.25) is 0 Å². The lowest BCUT2D eigenvalue weighted by atomic mass is 10.2. The van der Waals surface area contributed by atoms with Crippen LogP contribution in [0.25, 0.3) is 0 Å². The van der Waals surface area contributed by atoms with E-state index in [4.69, 9.17) is 9.47 Å². The third kappa shape index (κ3) is 3.87.